The Labute approximate surface area is 111 Å². The number of rotatable bonds is 6. The van der Waals surface area contributed by atoms with Crippen LogP contribution in [0.3, 0.4) is 0 Å². The molecular formula is C14H15N3O2. The molecule has 98 valence electrons. The molecule has 0 spiro atoms. The van der Waals surface area contributed by atoms with Crippen LogP contribution in [-0.4, -0.2) is 16.5 Å². The zero-order chi connectivity index (χ0) is 13.5. The summed E-state index contributed by atoms with van der Waals surface area (Å²) in [5, 5.41) is 14.1. The average Bonchev–Trinajstić information content (AvgIpc) is 2.45. The lowest BCUT2D eigenvalue weighted by atomic mass is 10.1. The van der Waals surface area contributed by atoms with Gasteiger partial charge in [-0.2, -0.15) is 0 Å². The molecule has 0 fully saturated rings. The first-order chi connectivity index (χ1) is 9.27. The number of benzene rings is 1. The Bertz CT molecular complexity index is 543. The van der Waals surface area contributed by atoms with Crippen LogP contribution in [0, 0.1) is 10.1 Å². The number of aromatic nitrogens is 1. The quantitative estimate of drug-likeness (QED) is 0.490. The molecule has 0 unspecified atom stereocenters. The van der Waals surface area contributed by atoms with Crippen molar-refractivity contribution in [3.8, 4) is 0 Å². The van der Waals surface area contributed by atoms with Crippen LogP contribution in [0.4, 0.5) is 5.69 Å². The van der Waals surface area contributed by atoms with Gasteiger partial charge in [-0.25, -0.2) is 0 Å². The fraction of sp³-hybridized carbons (Fsp3) is 0.214. The molecule has 5 heteroatoms. The zero-order valence-electron chi connectivity index (χ0n) is 10.5. The third-order valence-electron chi connectivity index (χ3n) is 2.84. The van der Waals surface area contributed by atoms with Gasteiger partial charge in [0.2, 0.25) is 0 Å². The van der Waals surface area contributed by atoms with Crippen molar-refractivity contribution in [2.45, 2.75) is 13.0 Å². The van der Waals surface area contributed by atoms with Crippen LogP contribution < -0.4 is 5.32 Å². The van der Waals surface area contributed by atoms with Crippen LogP contribution in [0.15, 0.2) is 48.8 Å². The number of pyridine rings is 1. The van der Waals surface area contributed by atoms with Gasteiger partial charge in [0.15, 0.2) is 0 Å². The Morgan fingerprint density at radius 1 is 1.16 bits per heavy atom. The Balaban J connectivity index is 1.85. The van der Waals surface area contributed by atoms with E-state index in [-0.39, 0.29) is 10.6 Å². The lowest BCUT2D eigenvalue weighted by Gasteiger charge is -2.05. The fourth-order valence-corrected chi connectivity index (χ4v) is 1.84. The van der Waals surface area contributed by atoms with Crippen LogP contribution in [0.5, 0.6) is 0 Å². The van der Waals surface area contributed by atoms with E-state index in [2.05, 4.69) is 10.3 Å². The van der Waals surface area contributed by atoms with Gasteiger partial charge in [-0.15, -0.1) is 0 Å². The van der Waals surface area contributed by atoms with Gasteiger partial charge in [0.05, 0.1) is 4.92 Å². The van der Waals surface area contributed by atoms with Crippen molar-refractivity contribution in [1.29, 1.82) is 0 Å². The van der Waals surface area contributed by atoms with E-state index >= 15 is 0 Å². The van der Waals surface area contributed by atoms with E-state index in [0.717, 1.165) is 13.0 Å². The molecule has 1 aromatic carbocycles. The van der Waals surface area contributed by atoms with Gasteiger partial charge in [-0.1, -0.05) is 18.2 Å². The standard InChI is InChI=1S/C14H15N3O2/c18-17(19)14-4-2-1-3-13(14)11-16-10-7-12-5-8-15-9-6-12/h1-6,8-9,16H,7,10-11H2. The number of para-hydroxylation sites is 1. The molecule has 19 heavy (non-hydrogen) atoms. The zero-order valence-corrected chi connectivity index (χ0v) is 10.5. The third-order valence-corrected chi connectivity index (χ3v) is 2.84. The summed E-state index contributed by atoms with van der Waals surface area (Å²) in [6, 6.07) is 10.7. The second-order valence-electron chi connectivity index (χ2n) is 4.17. The van der Waals surface area contributed by atoms with Gasteiger partial charge in [-0.05, 0) is 30.7 Å². The smallest absolute Gasteiger partial charge is 0.273 e. The molecule has 1 heterocycles. The summed E-state index contributed by atoms with van der Waals surface area (Å²) in [5.41, 5.74) is 2.08. The highest BCUT2D eigenvalue weighted by molar-refractivity contribution is 5.39. The second kappa shape index (κ2) is 6.61. The number of hydrogen-bond donors (Lipinski definition) is 1. The fourth-order valence-electron chi connectivity index (χ4n) is 1.84. The average molecular weight is 257 g/mol. The second-order valence-corrected chi connectivity index (χ2v) is 4.17. The molecule has 1 aromatic heterocycles. The molecule has 0 atom stereocenters. The van der Waals surface area contributed by atoms with Gasteiger partial charge < -0.3 is 5.32 Å². The highest BCUT2D eigenvalue weighted by Crippen LogP contribution is 2.16. The molecule has 2 rings (SSSR count). The summed E-state index contributed by atoms with van der Waals surface area (Å²) in [6.45, 7) is 1.28. The van der Waals surface area contributed by atoms with E-state index in [1.165, 1.54) is 11.6 Å². The molecule has 0 aliphatic heterocycles. The molecule has 0 aliphatic carbocycles. The van der Waals surface area contributed by atoms with Crippen molar-refractivity contribution in [3.05, 3.63) is 70.0 Å². The maximum absolute atomic E-state index is 10.8. The molecule has 0 radical (unpaired) electrons. The minimum atomic E-state index is -0.347. The predicted octanol–water partition coefficient (Wildman–Crippen LogP) is 2.32. The topological polar surface area (TPSA) is 68.1 Å². The van der Waals surface area contributed by atoms with Crippen LogP contribution in [0.1, 0.15) is 11.1 Å². The number of nitrogens with zero attached hydrogens (tertiary/aromatic N) is 2. The molecular weight excluding hydrogens is 242 g/mol. The van der Waals surface area contributed by atoms with Crippen molar-refractivity contribution < 1.29 is 4.92 Å². The highest BCUT2D eigenvalue weighted by atomic mass is 16.6. The first-order valence-electron chi connectivity index (χ1n) is 6.09. The van der Waals surface area contributed by atoms with Crippen molar-refractivity contribution in [3.63, 3.8) is 0 Å². The molecule has 0 aliphatic rings. The van der Waals surface area contributed by atoms with Crippen LogP contribution in [0.25, 0.3) is 0 Å². The van der Waals surface area contributed by atoms with Crippen molar-refractivity contribution in [2.75, 3.05) is 6.54 Å². The SMILES string of the molecule is O=[N+]([O-])c1ccccc1CNCCc1ccncc1. The molecule has 5 nitrogen and oxygen atoms in total. The summed E-state index contributed by atoms with van der Waals surface area (Å²) in [6.07, 6.45) is 4.40. The van der Waals surface area contributed by atoms with Gasteiger partial charge in [-0.3, -0.25) is 15.1 Å². The lowest BCUT2D eigenvalue weighted by molar-refractivity contribution is -0.385. The van der Waals surface area contributed by atoms with E-state index in [0.29, 0.717) is 12.1 Å². The number of nitro groups is 1. The maximum Gasteiger partial charge on any atom is 0.273 e. The van der Waals surface area contributed by atoms with Crippen LogP contribution in [-0.2, 0) is 13.0 Å². The monoisotopic (exact) mass is 257 g/mol. The molecule has 2 aromatic rings. The highest BCUT2D eigenvalue weighted by Gasteiger charge is 2.10. The Kier molecular flexibility index (Phi) is 4.58. The molecule has 0 saturated carbocycles. The van der Waals surface area contributed by atoms with E-state index in [4.69, 9.17) is 0 Å². The normalized spacial score (nSPS) is 10.3. The third kappa shape index (κ3) is 3.86. The van der Waals surface area contributed by atoms with E-state index in [1.54, 1.807) is 24.5 Å². The number of nitrogens with one attached hydrogen (secondary N) is 1. The lowest BCUT2D eigenvalue weighted by Crippen LogP contribution is -2.17. The Morgan fingerprint density at radius 3 is 2.63 bits per heavy atom. The number of nitro benzene ring substituents is 1. The Hall–Kier alpha value is -2.27. The Morgan fingerprint density at radius 2 is 1.89 bits per heavy atom. The number of hydrogen-bond acceptors (Lipinski definition) is 4. The summed E-state index contributed by atoms with van der Waals surface area (Å²) >= 11 is 0. The van der Waals surface area contributed by atoms with E-state index in [1.807, 2.05) is 18.2 Å². The molecule has 0 saturated heterocycles. The minimum absolute atomic E-state index is 0.166. The van der Waals surface area contributed by atoms with Gasteiger partial charge >= 0.3 is 0 Å². The van der Waals surface area contributed by atoms with E-state index < -0.39 is 0 Å². The molecule has 0 bridgehead atoms. The van der Waals surface area contributed by atoms with Crippen molar-refractivity contribution in [1.82, 2.24) is 10.3 Å². The van der Waals surface area contributed by atoms with Crippen molar-refractivity contribution >= 4 is 5.69 Å². The van der Waals surface area contributed by atoms with Crippen molar-refractivity contribution in [2.24, 2.45) is 0 Å². The molecule has 1 N–H and O–H groups in total. The predicted molar refractivity (Wildman–Crippen MR) is 72.7 cm³/mol. The first kappa shape index (κ1) is 13.2. The summed E-state index contributed by atoms with van der Waals surface area (Å²) in [5.74, 6) is 0. The van der Waals surface area contributed by atoms with E-state index in [9.17, 15) is 10.1 Å². The summed E-state index contributed by atoms with van der Waals surface area (Å²) in [7, 11) is 0. The van der Waals surface area contributed by atoms with Gasteiger partial charge in [0.25, 0.3) is 5.69 Å². The minimum Gasteiger partial charge on any atom is -0.312 e. The maximum atomic E-state index is 10.8. The summed E-state index contributed by atoms with van der Waals surface area (Å²) < 4.78 is 0. The van der Waals surface area contributed by atoms with Crippen LogP contribution >= 0.6 is 0 Å². The summed E-state index contributed by atoms with van der Waals surface area (Å²) in [4.78, 5) is 14.5. The largest absolute Gasteiger partial charge is 0.312 e. The van der Waals surface area contributed by atoms with Gasteiger partial charge in [0.1, 0.15) is 0 Å². The first-order valence-corrected chi connectivity index (χ1v) is 6.09. The molecule has 0 amide bonds. The van der Waals surface area contributed by atoms with Crippen LogP contribution in [0.2, 0.25) is 0 Å². The van der Waals surface area contributed by atoms with Gasteiger partial charge in [0, 0.05) is 30.6 Å².